The van der Waals surface area contributed by atoms with E-state index in [1.807, 2.05) is 12.1 Å². The van der Waals surface area contributed by atoms with Crippen LogP contribution in [0, 0.1) is 5.92 Å². The van der Waals surface area contributed by atoms with Gasteiger partial charge in [-0.15, -0.1) is 24.0 Å². The molecule has 0 saturated carbocycles. The summed E-state index contributed by atoms with van der Waals surface area (Å²) in [6, 6.07) is 7.60. The van der Waals surface area contributed by atoms with E-state index in [2.05, 4.69) is 36.3 Å². The van der Waals surface area contributed by atoms with Gasteiger partial charge >= 0.3 is 0 Å². The SMILES string of the molecule is CCNC(=NCC(C(C)C)N1CCCCCC1)NCCc1ccc(S(C)(=O)=O)cc1.I. The first-order valence-corrected chi connectivity index (χ1v) is 13.3. The average Bonchev–Trinajstić information content (AvgIpc) is 2.97. The number of guanidine groups is 1. The summed E-state index contributed by atoms with van der Waals surface area (Å²) in [5.74, 6) is 1.42. The van der Waals surface area contributed by atoms with Crippen LogP contribution < -0.4 is 10.6 Å². The molecular weight excluding hydrogens is 523 g/mol. The van der Waals surface area contributed by atoms with Crippen LogP contribution in [-0.4, -0.2) is 64.3 Å². The van der Waals surface area contributed by atoms with Crippen molar-refractivity contribution in [3.63, 3.8) is 0 Å². The van der Waals surface area contributed by atoms with Crippen molar-refractivity contribution in [2.75, 3.05) is 39.0 Å². The van der Waals surface area contributed by atoms with Crippen LogP contribution in [0.5, 0.6) is 0 Å². The van der Waals surface area contributed by atoms with Crippen molar-refractivity contribution in [2.24, 2.45) is 10.9 Å². The summed E-state index contributed by atoms with van der Waals surface area (Å²) < 4.78 is 23.2. The second kappa shape index (κ2) is 14.3. The lowest BCUT2D eigenvalue weighted by Crippen LogP contribution is -2.44. The fourth-order valence-corrected chi connectivity index (χ4v) is 4.56. The molecule has 8 heteroatoms. The molecule has 1 aromatic rings. The summed E-state index contributed by atoms with van der Waals surface area (Å²) in [6.07, 6.45) is 7.33. The smallest absolute Gasteiger partial charge is 0.191 e. The Kier molecular flexibility index (Phi) is 13.0. The molecule has 1 fully saturated rings. The van der Waals surface area contributed by atoms with Crippen molar-refractivity contribution >= 4 is 39.8 Å². The summed E-state index contributed by atoms with van der Waals surface area (Å²) in [4.78, 5) is 7.89. The summed E-state index contributed by atoms with van der Waals surface area (Å²) in [5.41, 5.74) is 1.11. The Morgan fingerprint density at radius 1 is 1.06 bits per heavy atom. The number of likely N-dealkylation sites (tertiary alicyclic amines) is 1. The zero-order valence-electron chi connectivity index (χ0n) is 19.6. The number of nitrogens with one attached hydrogen (secondary N) is 2. The van der Waals surface area contributed by atoms with E-state index in [4.69, 9.17) is 4.99 Å². The van der Waals surface area contributed by atoms with Gasteiger partial charge in [0.05, 0.1) is 11.4 Å². The molecule has 0 radical (unpaired) electrons. The van der Waals surface area contributed by atoms with Gasteiger partial charge in [-0.2, -0.15) is 0 Å². The molecule has 31 heavy (non-hydrogen) atoms. The molecule has 0 bridgehead atoms. The van der Waals surface area contributed by atoms with Crippen LogP contribution in [0.2, 0.25) is 0 Å². The highest BCUT2D eigenvalue weighted by Gasteiger charge is 2.22. The van der Waals surface area contributed by atoms with E-state index >= 15 is 0 Å². The highest BCUT2D eigenvalue weighted by molar-refractivity contribution is 14.0. The second-order valence-electron chi connectivity index (χ2n) is 8.57. The van der Waals surface area contributed by atoms with Gasteiger partial charge in [-0.3, -0.25) is 9.89 Å². The first kappa shape index (κ1) is 28.2. The van der Waals surface area contributed by atoms with Crippen LogP contribution in [0.3, 0.4) is 0 Å². The zero-order chi connectivity index (χ0) is 22.0. The third kappa shape index (κ3) is 10.1. The molecule has 1 atom stereocenters. The summed E-state index contributed by atoms with van der Waals surface area (Å²) in [5, 5.41) is 6.77. The summed E-state index contributed by atoms with van der Waals surface area (Å²) >= 11 is 0. The molecule has 1 aromatic carbocycles. The van der Waals surface area contributed by atoms with E-state index in [-0.39, 0.29) is 24.0 Å². The minimum Gasteiger partial charge on any atom is -0.357 e. The lowest BCUT2D eigenvalue weighted by Gasteiger charge is -2.32. The Morgan fingerprint density at radius 2 is 1.68 bits per heavy atom. The van der Waals surface area contributed by atoms with Crippen molar-refractivity contribution in [1.82, 2.24) is 15.5 Å². The van der Waals surface area contributed by atoms with Gasteiger partial charge < -0.3 is 10.6 Å². The number of rotatable bonds is 9. The molecule has 2 rings (SSSR count). The van der Waals surface area contributed by atoms with Gasteiger partial charge in [0.1, 0.15) is 0 Å². The molecule has 0 amide bonds. The van der Waals surface area contributed by atoms with Gasteiger partial charge in [0.25, 0.3) is 0 Å². The van der Waals surface area contributed by atoms with Crippen molar-refractivity contribution in [1.29, 1.82) is 0 Å². The van der Waals surface area contributed by atoms with Crippen LogP contribution in [-0.2, 0) is 16.3 Å². The molecular formula is C23H41IN4O2S. The molecule has 1 aliphatic rings. The summed E-state index contributed by atoms with van der Waals surface area (Å²) in [6.45, 7) is 11.4. The Labute approximate surface area is 206 Å². The average molecular weight is 565 g/mol. The number of hydrogen-bond acceptors (Lipinski definition) is 4. The quantitative estimate of drug-likeness (QED) is 0.272. The Hall–Kier alpha value is -0.870. The maximum absolute atomic E-state index is 11.6. The van der Waals surface area contributed by atoms with E-state index in [1.165, 1.54) is 45.0 Å². The van der Waals surface area contributed by atoms with Crippen LogP contribution in [0.15, 0.2) is 34.2 Å². The highest BCUT2D eigenvalue weighted by Crippen LogP contribution is 2.18. The minimum atomic E-state index is -3.14. The molecule has 0 spiro atoms. The minimum absolute atomic E-state index is 0. The summed E-state index contributed by atoms with van der Waals surface area (Å²) in [7, 11) is -3.14. The van der Waals surface area contributed by atoms with Gasteiger partial charge in [0.15, 0.2) is 15.8 Å². The first-order chi connectivity index (χ1) is 14.3. The van der Waals surface area contributed by atoms with Crippen LogP contribution in [0.25, 0.3) is 0 Å². The second-order valence-corrected chi connectivity index (χ2v) is 10.6. The van der Waals surface area contributed by atoms with Crippen molar-refractivity contribution in [3.8, 4) is 0 Å². The van der Waals surface area contributed by atoms with Gasteiger partial charge in [-0.25, -0.2) is 8.42 Å². The van der Waals surface area contributed by atoms with E-state index in [0.29, 0.717) is 16.9 Å². The molecule has 178 valence electrons. The molecule has 2 N–H and O–H groups in total. The van der Waals surface area contributed by atoms with Gasteiger partial charge in [0.2, 0.25) is 0 Å². The van der Waals surface area contributed by atoms with E-state index in [0.717, 1.165) is 37.6 Å². The molecule has 1 aliphatic heterocycles. The standard InChI is InChI=1S/C23H40N4O2S.HI/c1-5-24-23(25-15-14-20-10-12-21(13-11-20)30(4,28)29)26-18-22(19(2)3)27-16-8-6-7-9-17-27;/h10-13,19,22H,5-9,14-18H2,1-4H3,(H2,24,25,26);1H. The Bertz CT molecular complexity index is 758. The van der Waals surface area contributed by atoms with Crippen LogP contribution in [0.1, 0.15) is 52.0 Å². The molecule has 0 aliphatic carbocycles. The van der Waals surface area contributed by atoms with E-state index < -0.39 is 9.84 Å². The Balaban J connectivity index is 0.00000480. The molecule has 1 saturated heterocycles. The number of benzene rings is 1. The third-order valence-electron chi connectivity index (χ3n) is 5.72. The lowest BCUT2D eigenvalue weighted by molar-refractivity contribution is 0.166. The van der Waals surface area contributed by atoms with Crippen LogP contribution in [0.4, 0.5) is 0 Å². The molecule has 1 heterocycles. The van der Waals surface area contributed by atoms with Crippen molar-refractivity contribution in [3.05, 3.63) is 29.8 Å². The monoisotopic (exact) mass is 564 g/mol. The normalized spacial score (nSPS) is 17.0. The number of halogens is 1. The predicted octanol–water partition coefficient (Wildman–Crippen LogP) is 3.71. The third-order valence-corrected chi connectivity index (χ3v) is 6.85. The molecule has 0 aromatic heterocycles. The van der Waals surface area contributed by atoms with Gasteiger partial charge in [-0.1, -0.05) is 38.8 Å². The fourth-order valence-electron chi connectivity index (χ4n) is 3.93. The number of sulfone groups is 1. The van der Waals surface area contributed by atoms with Gasteiger partial charge in [-0.05, 0) is 62.9 Å². The number of nitrogens with zero attached hydrogens (tertiary/aromatic N) is 2. The largest absolute Gasteiger partial charge is 0.357 e. The Morgan fingerprint density at radius 3 is 2.19 bits per heavy atom. The maximum atomic E-state index is 11.6. The van der Waals surface area contributed by atoms with Crippen LogP contribution >= 0.6 is 24.0 Å². The zero-order valence-corrected chi connectivity index (χ0v) is 22.7. The first-order valence-electron chi connectivity index (χ1n) is 11.4. The number of hydrogen-bond donors (Lipinski definition) is 2. The lowest BCUT2D eigenvalue weighted by atomic mass is 10.0. The predicted molar refractivity (Wildman–Crippen MR) is 141 cm³/mol. The molecule has 6 nitrogen and oxygen atoms in total. The van der Waals surface area contributed by atoms with Gasteiger partial charge in [0, 0.05) is 25.4 Å². The maximum Gasteiger partial charge on any atom is 0.191 e. The van der Waals surface area contributed by atoms with Crippen molar-refractivity contribution < 1.29 is 8.42 Å². The molecule has 1 unspecified atom stereocenters. The topological polar surface area (TPSA) is 73.8 Å². The van der Waals surface area contributed by atoms with E-state index in [1.54, 1.807) is 12.1 Å². The number of aliphatic imine (C=N–C) groups is 1. The van der Waals surface area contributed by atoms with Crippen molar-refractivity contribution in [2.45, 2.75) is 63.8 Å². The fraction of sp³-hybridized carbons (Fsp3) is 0.696. The van der Waals surface area contributed by atoms with E-state index in [9.17, 15) is 8.42 Å². The highest BCUT2D eigenvalue weighted by atomic mass is 127.